The van der Waals surface area contributed by atoms with Gasteiger partial charge in [-0.25, -0.2) is 29.3 Å². The third-order valence-electron chi connectivity index (χ3n) is 13.1. The molecule has 0 aliphatic heterocycles. The zero-order chi connectivity index (χ0) is 72.8. The van der Waals surface area contributed by atoms with Crippen molar-refractivity contribution >= 4 is 29.7 Å². The van der Waals surface area contributed by atoms with Crippen LogP contribution in [0.15, 0.2) is 26.0 Å². The Morgan fingerprint density at radius 2 is 0.968 bits per heavy atom. The lowest BCUT2D eigenvalue weighted by molar-refractivity contribution is 0.0549. The Morgan fingerprint density at radius 1 is 0.511 bits per heavy atom. The summed E-state index contributed by atoms with van der Waals surface area (Å²) in [6.45, 7) is 51.4. The van der Waals surface area contributed by atoms with Gasteiger partial charge in [-0.15, -0.1) is 51.0 Å². The van der Waals surface area contributed by atoms with Crippen molar-refractivity contribution in [2.45, 2.75) is 230 Å². The van der Waals surface area contributed by atoms with Crippen LogP contribution in [-0.2, 0) is 59.2 Å². The number of carbonyl (C=O) groups excluding carboxylic acids is 5. The molecule has 0 saturated heterocycles. The van der Waals surface area contributed by atoms with Crippen LogP contribution in [0.4, 0.5) is 0 Å². The van der Waals surface area contributed by atoms with Crippen LogP contribution in [0.1, 0.15) is 287 Å². The van der Waals surface area contributed by atoms with E-state index in [9.17, 15) is 24.0 Å². The smallest absolute Gasteiger partial charge is 0.396 e. The maximum Gasteiger partial charge on any atom is 0.396 e. The van der Waals surface area contributed by atoms with Crippen LogP contribution in [0.25, 0.3) is 0 Å². The van der Waals surface area contributed by atoms with E-state index in [4.69, 9.17) is 13.3 Å². The van der Waals surface area contributed by atoms with Gasteiger partial charge in [0.15, 0.2) is 0 Å². The summed E-state index contributed by atoms with van der Waals surface area (Å²) < 4.78 is 30.4. The van der Waals surface area contributed by atoms with E-state index in [0.29, 0.717) is 34.7 Å². The molecule has 7 aromatic heterocycles. The molecule has 1 aliphatic carbocycles. The van der Waals surface area contributed by atoms with Gasteiger partial charge in [0, 0.05) is 59.0 Å². The molecule has 94 heavy (non-hydrogen) atoms. The van der Waals surface area contributed by atoms with Crippen molar-refractivity contribution in [1.82, 2.24) is 102 Å². The van der Waals surface area contributed by atoms with Crippen LogP contribution in [0.3, 0.4) is 0 Å². The van der Waals surface area contributed by atoms with Gasteiger partial charge in [0.25, 0.3) is 11.7 Å². The van der Waals surface area contributed by atoms with Crippen LogP contribution in [0.2, 0.25) is 0 Å². The molecule has 7 aromatic rings. The van der Waals surface area contributed by atoms with E-state index in [0.717, 1.165) is 23.5 Å². The molecule has 0 spiro atoms. The molecule has 5 N–H and O–H groups in total. The number of rotatable bonds is 5. The Hall–Kier alpha value is -8.67. The van der Waals surface area contributed by atoms with Gasteiger partial charge >= 0.3 is 35.6 Å². The van der Waals surface area contributed by atoms with Crippen molar-refractivity contribution in [2.24, 2.45) is 24.3 Å². The molecular formula is C63H108N20O11. The number of ether oxygens (including phenoxy) is 3. The summed E-state index contributed by atoms with van der Waals surface area (Å²) in [6, 6.07) is 0. The highest BCUT2D eigenvalue weighted by Crippen LogP contribution is 2.41. The van der Waals surface area contributed by atoms with Crippen molar-refractivity contribution in [2.75, 3.05) is 35.4 Å². The molecule has 0 bridgehead atoms. The molecule has 0 radical (unpaired) electrons. The SMILES string of the molecule is CC(C)(C)c1ncn[nH]1.CC(C)(C)c1nnco1.CC1CCC(C(C)(C)C)C1.CNC(=O)c1n[nH]c(C(C)(C)C)n1.CNC(=O)c1nnc(C(C)(C)C)o1.COC(=O)c1n[nH]c(C(C)(C)C)n1.COC(=O)c1nnc(C(C)(C)C)n1C.COC(=O)c1nnc(C(C)(C)C)o1. The Balaban J connectivity index is 0.000000539. The van der Waals surface area contributed by atoms with Gasteiger partial charge in [0.1, 0.15) is 29.6 Å². The normalized spacial score (nSPS) is 14.0. The molecule has 0 aromatic carbocycles. The number of nitrogens with zero attached hydrogens (tertiary/aromatic N) is 15. The molecule has 7 heterocycles. The molecular weight excluding hydrogens is 1210 g/mol. The molecule has 31 nitrogen and oxygen atoms in total. The second-order valence-corrected chi connectivity index (χ2v) is 30.2. The fraction of sp³-hybridized carbons (Fsp3) is 0.698. The second kappa shape index (κ2) is 35.0. The third kappa shape index (κ3) is 28.3. The number of carbonyl (C=O) groups is 5. The van der Waals surface area contributed by atoms with Gasteiger partial charge in [0.05, 0.1) is 21.3 Å². The largest absolute Gasteiger partial charge is 0.463 e. The summed E-state index contributed by atoms with van der Waals surface area (Å²) in [4.78, 5) is 67.4. The zero-order valence-corrected chi connectivity index (χ0v) is 61.6. The lowest BCUT2D eigenvalue weighted by Crippen LogP contribution is -2.20. The third-order valence-corrected chi connectivity index (χ3v) is 13.1. The van der Waals surface area contributed by atoms with Gasteiger partial charge in [-0.05, 0) is 30.1 Å². The monoisotopic (exact) mass is 1320 g/mol. The average molecular weight is 1320 g/mol. The van der Waals surface area contributed by atoms with E-state index in [1.807, 2.05) is 125 Å². The van der Waals surface area contributed by atoms with E-state index in [1.54, 1.807) is 18.7 Å². The van der Waals surface area contributed by atoms with Gasteiger partial charge < -0.3 is 42.7 Å². The Morgan fingerprint density at radius 3 is 1.28 bits per heavy atom. The van der Waals surface area contributed by atoms with E-state index in [-0.39, 0.29) is 79.0 Å². The first-order valence-corrected chi connectivity index (χ1v) is 30.6. The topological polar surface area (TPSA) is 409 Å². The summed E-state index contributed by atoms with van der Waals surface area (Å²) in [5.74, 6) is 4.81. The zero-order valence-electron chi connectivity index (χ0n) is 61.6. The lowest BCUT2D eigenvalue weighted by atomic mass is 9.79. The van der Waals surface area contributed by atoms with Crippen molar-refractivity contribution in [3.05, 3.63) is 82.9 Å². The summed E-state index contributed by atoms with van der Waals surface area (Å²) in [6.07, 6.45) is 7.26. The van der Waals surface area contributed by atoms with Gasteiger partial charge in [0.2, 0.25) is 35.7 Å². The highest BCUT2D eigenvalue weighted by molar-refractivity contribution is 5.90. The average Bonchev–Trinajstić information content (AvgIpc) is 1.68. The number of esters is 3. The predicted molar refractivity (Wildman–Crippen MR) is 351 cm³/mol. The van der Waals surface area contributed by atoms with Gasteiger partial charge in [-0.1, -0.05) is 180 Å². The first-order chi connectivity index (χ1) is 42.9. The Bertz CT molecular complexity index is 3070. The summed E-state index contributed by atoms with van der Waals surface area (Å²) in [7, 11) is 8.72. The van der Waals surface area contributed by atoms with E-state index >= 15 is 0 Å². The quantitative estimate of drug-likeness (QED) is 0.0789. The fourth-order valence-electron chi connectivity index (χ4n) is 7.32. The number of methoxy groups -OCH3 is 3. The van der Waals surface area contributed by atoms with Crippen LogP contribution in [0, 0.1) is 17.3 Å². The molecule has 2 atom stereocenters. The van der Waals surface area contributed by atoms with Gasteiger partial charge in [-0.3, -0.25) is 24.9 Å². The van der Waals surface area contributed by atoms with Crippen LogP contribution < -0.4 is 10.6 Å². The molecule has 1 aliphatic rings. The minimum Gasteiger partial charge on any atom is -0.463 e. The number of hydrogen-bond acceptors (Lipinski definition) is 25. The summed E-state index contributed by atoms with van der Waals surface area (Å²) in [5, 5.41) is 54.2. The maximum atomic E-state index is 11.2. The van der Waals surface area contributed by atoms with Crippen LogP contribution in [0.5, 0.6) is 0 Å². The van der Waals surface area contributed by atoms with Crippen molar-refractivity contribution in [3.63, 3.8) is 0 Å². The van der Waals surface area contributed by atoms with E-state index < -0.39 is 17.9 Å². The fourth-order valence-corrected chi connectivity index (χ4v) is 7.32. The number of aromatic nitrogens is 18. The highest BCUT2D eigenvalue weighted by Gasteiger charge is 2.32. The molecule has 8 rings (SSSR count). The standard InChI is InChI=1S/C10H20.C9H15N3O2.C8H14N4O.2C8H13N3O2.C8H12N2O3.C6H11N3.C6H10N2O/c1-8-5-6-9(7-8)10(2,3)4;1-9(2,3)8-11-10-6(12(8)4)7(13)14-5;1-8(2,3)7-10-5(11-12-7)6(13)9-4;1-8(2,3)7-9-5(10-11-7)6(12)13-4;1-8(2,3)7-11-10-6(13-7)5(12)9-4;1-8(2,3)7-10-9-5(13-7)6(11)12-4;1-6(2,3)5-7-4-8-9-5;1-6(2,3)5-8-7-4-9-5/h8-9H,5-7H2,1-4H3;1-5H3;1-4H3,(H,9,13)(H,10,11,12);1-4H3,(H,9,10,11);1-4H3,(H,9,12);1-4H3;4H,1-3H3,(H,7,8,9);4H,1-3H3. The summed E-state index contributed by atoms with van der Waals surface area (Å²) >= 11 is 0. The molecule has 2 unspecified atom stereocenters. The lowest BCUT2D eigenvalue weighted by Gasteiger charge is -2.26. The number of H-pyrrole nitrogens is 3. The van der Waals surface area contributed by atoms with E-state index in [2.05, 4.69) is 160 Å². The first kappa shape index (κ1) is 83.3. The Kier molecular flexibility index (Phi) is 31.0. The van der Waals surface area contributed by atoms with Crippen molar-refractivity contribution in [3.8, 4) is 0 Å². The van der Waals surface area contributed by atoms with E-state index in [1.165, 1.54) is 60.4 Å². The van der Waals surface area contributed by atoms with Crippen molar-refractivity contribution in [1.29, 1.82) is 0 Å². The molecule has 526 valence electrons. The molecule has 1 fully saturated rings. The Labute approximate surface area is 553 Å². The molecule has 1 saturated carbocycles. The highest BCUT2D eigenvalue weighted by atomic mass is 16.5. The minimum atomic E-state index is -0.608. The number of amides is 2. The number of aromatic amines is 3. The van der Waals surface area contributed by atoms with Crippen LogP contribution in [-0.4, -0.2) is 156 Å². The number of hydrogen-bond donors (Lipinski definition) is 5. The molecule has 2 amide bonds. The minimum absolute atomic E-state index is 0.00687. The second-order valence-electron chi connectivity index (χ2n) is 30.2. The summed E-state index contributed by atoms with van der Waals surface area (Å²) in [5.41, 5.74) is -0.219. The first-order valence-electron chi connectivity index (χ1n) is 30.6. The predicted octanol–water partition coefficient (Wildman–Crippen LogP) is 10.1. The van der Waals surface area contributed by atoms with Gasteiger partial charge in [-0.2, -0.15) is 5.10 Å². The van der Waals surface area contributed by atoms with Crippen LogP contribution >= 0.6 is 0 Å². The number of nitrogens with one attached hydrogen (secondary N) is 5. The molecule has 31 heteroatoms. The maximum absolute atomic E-state index is 11.2. The van der Waals surface area contributed by atoms with Crippen molar-refractivity contribution < 1.29 is 51.4 Å².